The molecule has 0 saturated heterocycles. The molecule has 2 rings (SSSR count). The number of hydrogen-bond donors (Lipinski definition) is 1. The number of anilines is 1. The molecule has 1 heterocycles. The Morgan fingerprint density at radius 2 is 2.05 bits per heavy atom. The molecule has 0 aliphatic carbocycles. The highest BCUT2D eigenvalue weighted by atomic mass is 16.6. The van der Waals surface area contributed by atoms with Crippen molar-refractivity contribution in [3.63, 3.8) is 0 Å². The zero-order valence-electron chi connectivity index (χ0n) is 10.1. The van der Waals surface area contributed by atoms with Gasteiger partial charge in [0.1, 0.15) is 10.7 Å². The zero-order chi connectivity index (χ0) is 13.7. The van der Waals surface area contributed by atoms with Crippen LogP contribution in [0.25, 0.3) is 0 Å². The first-order valence-electron chi connectivity index (χ1n) is 5.36. The van der Waals surface area contributed by atoms with Gasteiger partial charge < -0.3 is 9.15 Å². The van der Waals surface area contributed by atoms with Crippen LogP contribution in [0.5, 0.6) is 5.75 Å². The first kappa shape index (κ1) is 12.6. The molecule has 0 radical (unpaired) electrons. The fraction of sp³-hybridized carbons (Fsp3) is 0.0833. The molecule has 7 nitrogen and oxygen atoms in total. The molecule has 7 heteroatoms. The van der Waals surface area contributed by atoms with Gasteiger partial charge in [-0.2, -0.15) is 5.10 Å². The van der Waals surface area contributed by atoms with Crippen molar-refractivity contribution in [1.29, 1.82) is 0 Å². The molecule has 0 bridgehead atoms. The van der Waals surface area contributed by atoms with Crippen molar-refractivity contribution in [3.05, 3.63) is 52.3 Å². The van der Waals surface area contributed by atoms with Gasteiger partial charge in [-0.05, 0) is 30.3 Å². The number of hydrazone groups is 1. The maximum Gasteiger partial charge on any atom is 0.433 e. The molecule has 1 N–H and O–H groups in total. The van der Waals surface area contributed by atoms with Crippen molar-refractivity contribution >= 4 is 17.8 Å². The summed E-state index contributed by atoms with van der Waals surface area (Å²) in [6.07, 6.45) is 1.36. The molecule has 0 aliphatic heterocycles. The lowest BCUT2D eigenvalue weighted by Crippen LogP contribution is -1.90. The quantitative estimate of drug-likeness (QED) is 0.507. The minimum atomic E-state index is -0.603. The Morgan fingerprint density at radius 1 is 1.32 bits per heavy atom. The molecule has 0 spiro atoms. The maximum absolute atomic E-state index is 10.4. The lowest BCUT2D eigenvalue weighted by Gasteiger charge is -2.01. The second kappa shape index (κ2) is 5.67. The van der Waals surface area contributed by atoms with Crippen LogP contribution in [0.4, 0.5) is 11.6 Å². The van der Waals surface area contributed by atoms with E-state index in [0.717, 1.165) is 11.4 Å². The third kappa shape index (κ3) is 3.32. The summed E-state index contributed by atoms with van der Waals surface area (Å²) in [7, 11) is 1.59. The summed E-state index contributed by atoms with van der Waals surface area (Å²) in [6.45, 7) is 0. The molecule has 1 aromatic heterocycles. The van der Waals surface area contributed by atoms with Gasteiger partial charge in [0.15, 0.2) is 5.76 Å². The first-order valence-corrected chi connectivity index (χ1v) is 5.36. The van der Waals surface area contributed by atoms with E-state index in [9.17, 15) is 10.1 Å². The van der Waals surface area contributed by atoms with Gasteiger partial charge in [0.25, 0.3) is 0 Å². The van der Waals surface area contributed by atoms with E-state index in [1.54, 1.807) is 31.4 Å². The number of hydrogen-bond acceptors (Lipinski definition) is 6. The van der Waals surface area contributed by atoms with Crippen molar-refractivity contribution in [2.24, 2.45) is 5.10 Å². The number of nitrogens with zero attached hydrogens (tertiary/aromatic N) is 2. The van der Waals surface area contributed by atoms with Gasteiger partial charge in [-0.25, -0.2) is 0 Å². The summed E-state index contributed by atoms with van der Waals surface area (Å²) in [4.78, 5) is 9.81. The van der Waals surface area contributed by atoms with E-state index < -0.39 is 4.92 Å². The predicted molar refractivity (Wildman–Crippen MR) is 69.6 cm³/mol. The summed E-state index contributed by atoms with van der Waals surface area (Å²) in [5.74, 6) is 0.731. The van der Waals surface area contributed by atoms with Crippen molar-refractivity contribution < 1.29 is 14.1 Å². The minimum Gasteiger partial charge on any atom is -0.497 e. The van der Waals surface area contributed by atoms with Crippen molar-refractivity contribution in [3.8, 4) is 5.75 Å². The monoisotopic (exact) mass is 261 g/mol. The molecule has 0 amide bonds. The summed E-state index contributed by atoms with van der Waals surface area (Å²) >= 11 is 0. The number of rotatable bonds is 5. The summed E-state index contributed by atoms with van der Waals surface area (Å²) in [5.41, 5.74) is 3.53. The van der Waals surface area contributed by atoms with Crippen LogP contribution in [-0.2, 0) is 0 Å². The highest BCUT2D eigenvalue weighted by Gasteiger charge is 2.09. The molecule has 98 valence electrons. The van der Waals surface area contributed by atoms with Crippen molar-refractivity contribution in [2.45, 2.75) is 0 Å². The third-order valence-electron chi connectivity index (χ3n) is 2.27. The van der Waals surface area contributed by atoms with Gasteiger partial charge in [-0.1, -0.05) is 0 Å². The second-order valence-corrected chi connectivity index (χ2v) is 3.53. The average Bonchev–Trinajstić information content (AvgIpc) is 2.89. The lowest BCUT2D eigenvalue weighted by molar-refractivity contribution is -0.402. The number of ether oxygens (including phenoxy) is 1. The molecule has 1 aromatic carbocycles. The van der Waals surface area contributed by atoms with E-state index in [2.05, 4.69) is 10.5 Å². The number of furan rings is 1. The molecule has 19 heavy (non-hydrogen) atoms. The second-order valence-electron chi connectivity index (χ2n) is 3.53. The Morgan fingerprint density at radius 3 is 2.63 bits per heavy atom. The average molecular weight is 261 g/mol. The van der Waals surface area contributed by atoms with Gasteiger partial charge in [0, 0.05) is 0 Å². The Balaban J connectivity index is 1.96. The van der Waals surface area contributed by atoms with Gasteiger partial charge in [-0.3, -0.25) is 15.5 Å². The van der Waals surface area contributed by atoms with Crippen LogP contribution in [0.2, 0.25) is 0 Å². The third-order valence-corrected chi connectivity index (χ3v) is 2.27. The van der Waals surface area contributed by atoms with Crippen LogP contribution in [0.1, 0.15) is 5.76 Å². The van der Waals surface area contributed by atoms with E-state index in [0.29, 0.717) is 5.76 Å². The highest BCUT2D eigenvalue weighted by Crippen LogP contribution is 2.16. The van der Waals surface area contributed by atoms with E-state index >= 15 is 0 Å². The van der Waals surface area contributed by atoms with Crippen LogP contribution < -0.4 is 10.2 Å². The summed E-state index contributed by atoms with van der Waals surface area (Å²) < 4.78 is 9.93. The Hall–Kier alpha value is -2.83. The molecule has 0 atom stereocenters. The number of nitro groups is 1. The fourth-order valence-corrected chi connectivity index (χ4v) is 1.35. The van der Waals surface area contributed by atoms with Gasteiger partial charge in [-0.15, -0.1) is 0 Å². The molecule has 2 aromatic rings. The van der Waals surface area contributed by atoms with E-state index in [1.165, 1.54) is 18.3 Å². The Labute approximate surface area is 108 Å². The fourth-order valence-electron chi connectivity index (χ4n) is 1.35. The molecule has 0 fully saturated rings. The van der Waals surface area contributed by atoms with Gasteiger partial charge >= 0.3 is 5.88 Å². The van der Waals surface area contributed by atoms with Crippen LogP contribution in [0.3, 0.4) is 0 Å². The van der Waals surface area contributed by atoms with Crippen LogP contribution in [-0.4, -0.2) is 18.2 Å². The SMILES string of the molecule is COc1ccc(N/N=C/c2ccc([N+](=O)[O-])o2)cc1. The zero-order valence-corrected chi connectivity index (χ0v) is 10.1. The van der Waals surface area contributed by atoms with E-state index in [-0.39, 0.29) is 5.88 Å². The summed E-state index contributed by atoms with van der Waals surface area (Å²) in [6, 6.07) is 9.90. The topological polar surface area (TPSA) is 89.9 Å². The van der Waals surface area contributed by atoms with Crippen LogP contribution in [0.15, 0.2) is 45.9 Å². The maximum atomic E-state index is 10.4. The molecule has 0 unspecified atom stereocenters. The first-order chi connectivity index (χ1) is 9.19. The van der Waals surface area contributed by atoms with E-state index in [4.69, 9.17) is 9.15 Å². The Bertz CT molecular complexity index is 589. The predicted octanol–water partition coefficient (Wildman–Crippen LogP) is 2.64. The number of methoxy groups -OCH3 is 1. The smallest absolute Gasteiger partial charge is 0.433 e. The minimum absolute atomic E-state index is 0.299. The number of nitrogens with one attached hydrogen (secondary N) is 1. The Kier molecular flexibility index (Phi) is 3.77. The van der Waals surface area contributed by atoms with Crippen molar-refractivity contribution in [1.82, 2.24) is 0 Å². The number of benzene rings is 1. The normalized spacial score (nSPS) is 10.6. The molecular formula is C12H11N3O4. The van der Waals surface area contributed by atoms with E-state index in [1.807, 2.05) is 0 Å². The molecular weight excluding hydrogens is 250 g/mol. The summed E-state index contributed by atoms with van der Waals surface area (Å²) in [5, 5.41) is 14.3. The highest BCUT2D eigenvalue weighted by molar-refractivity contribution is 5.77. The van der Waals surface area contributed by atoms with Crippen LogP contribution in [0, 0.1) is 10.1 Å². The standard InChI is InChI=1S/C12H11N3O4/c1-18-10-4-2-9(3-5-10)14-13-8-11-6-7-12(19-11)15(16)17/h2-8,14H,1H3/b13-8+. The molecule has 0 saturated carbocycles. The van der Waals surface area contributed by atoms with Gasteiger partial charge in [0.05, 0.1) is 25.1 Å². The largest absolute Gasteiger partial charge is 0.497 e. The van der Waals surface area contributed by atoms with Crippen LogP contribution >= 0.6 is 0 Å². The molecule has 0 aliphatic rings. The lowest BCUT2D eigenvalue weighted by atomic mass is 10.3. The van der Waals surface area contributed by atoms with Crippen molar-refractivity contribution in [2.75, 3.05) is 12.5 Å². The van der Waals surface area contributed by atoms with Gasteiger partial charge in [0.2, 0.25) is 0 Å².